The summed E-state index contributed by atoms with van der Waals surface area (Å²) < 4.78 is 19.2. The summed E-state index contributed by atoms with van der Waals surface area (Å²) in [5, 5.41) is 8.11. The first-order valence-electron chi connectivity index (χ1n) is 6.92. The molecule has 23 heavy (non-hydrogen) atoms. The van der Waals surface area contributed by atoms with Crippen molar-refractivity contribution in [1.82, 2.24) is 10.2 Å². The van der Waals surface area contributed by atoms with Crippen LogP contribution >= 0.6 is 11.6 Å². The van der Waals surface area contributed by atoms with Crippen LogP contribution in [-0.2, 0) is 4.74 Å². The average Bonchev–Trinajstić information content (AvgIpc) is 2.47. The van der Waals surface area contributed by atoms with E-state index in [9.17, 15) is 9.18 Å². The molecule has 7 heteroatoms. The van der Waals surface area contributed by atoms with E-state index in [-0.39, 0.29) is 11.3 Å². The van der Waals surface area contributed by atoms with Crippen molar-refractivity contribution >= 4 is 23.4 Å². The minimum atomic E-state index is -0.617. The van der Waals surface area contributed by atoms with E-state index in [2.05, 4.69) is 10.2 Å². The molecule has 0 fully saturated rings. The van der Waals surface area contributed by atoms with Gasteiger partial charge in [-0.25, -0.2) is 9.18 Å². The number of anilines is 1. The molecule has 0 saturated carbocycles. The van der Waals surface area contributed by atoms with Crippen molar-refractivity contribution in [2.45, 2.75) is 26.4 Å². The Kier molecular flexibility index (Phi) is 4.85. The number of rotatable bonds is 2. The number of hydrogen-bond acceptors (Lipinski definition) is 4. The van der Waals surface area contributed by atoms with Crippen LogP contribution < -0.4 is 4.90 Å². The second-order valence-corrected chi connectivity index (χ2v) is 6.40. The number of ether oxygens (including phenoxy) is 1. The van der Waals surface area contributed by atoms with Crippen LogP contribution in [0, 0.1) is 5.82 Å². The number of benzene rings is 1. The van der Waals surface area contributed by atoms with Crippen molar-refractivity contribution in [3.63, 3.8) is 0 Å². The van der Waals surface area contributed by atoms with Gasteiger partial charge in [0.1, 0.15) is 11.4 Å². The maximum Gasteiger partial charge on any atom is 0.414 e. The van der Waals surface area contributed by atoms with E-state index in [1.807, 2.05) is 0 Å². The summed E-state index contributed by atoms with van der Waals surface area (Å²) in [5.41, 5.74) is 0.305. The predicted octanol–water partition coefficient (Wildman–Crippen LogP) is 4.31. The van der Waals surface area contributed by atoms with Crippen molar-refractivity contribution in [3.8, 4) is 11.3 Å². The summed E-state index contributed by atoms with van der Waals surface area (Å²) in [6.45, 7) is 5.32. The smallest absolute Gasteiger partial charge is 0.414 e. The first-order valence-corrected chi connectivity index (χ1v) is 7.30. The molecule has 1 heterocycles. The van der Waals surface area contributed by atoms with Gasteiger partial charge in [0.05, 0.1) is 17.6 Å². The highest BCUT2D eigenvalue weighted by atomic mass is 35.5. The normalized spacial score (nSPS) is 11.2. The van der Waals surface area contributed by atoms with Crippen LogP contribution in [0.3, 0.4) is 0 Å². The zero-order chi connectivity index (χ0) is 17.2. The second kappa shape index (κ2) is 6.50. The number of nitrogens with zero attached hydrogens (tertiary/aromatic N) is 3. The van der Waals surface area contributed by atoms with Crippen LogP contribution in [0.2, 0.25) is 5.02 Å². The number of halogens is 2. The maximum atomic E-state index is 13.9. The van der Waals surface area contributed by atoms with Crippen LogP contribution in [-0.4, -0.2) is 28.9 Å². The standard InChI is InChI=1S/C16H17ClFN3O2/c1-16(2,3)23-15(22)21(4)11-8-14(20-19-9-11)12-7-10(17)5-6-13(12)18/h5-9H,1-4H3. The highest BCUT2D eigenvalue weighted by Crippen LogP contribution is 2.26. The van der Waals surface area contributed by atoms with Crippen LogP contribution in [0.5, 0.6) is 0 Å². The molecule has 0 aliphatic rings. The number of carbonyl (C=O) groups excluding carboxylic acids is 1. The topological polar surface area (TPSA) is 55.3 Å². The molecular formula is C16H17ClFN3O2. The summed E-state index contributed by atoms with van der Waals surface area (Å²) >= 11 is 5.89. The Hall–Kier alpha value is -2.21. The maximum absolute atomic E-state index is 13.9. The molecule has 2 aromatic rings. The predicted molar refractivity (Wildman–Crippen MR) is 87.1 cm³/mol. The summed E-state index contributed by atoms with van der Waals surface area (Å²) in [6, 6.07) is 5.71. The Labute approximate surface area is 139 Å². The van der Waals surface area contributed by atoms with Crippen molar-refractivity contribution in [3.05, 3.63) is 41.3 Å². The monoisotopic (exact) mass is 337 g/mol. The van der Waals surface area contributed by atoms with Gasteiger partial charge in [0.25, 0.3) is 0 Å². The quantitative estimate of drug-likeness (QED) is 0.819. The van der Waals surface area contributed by atoms with E-state index in [1.54, 1.807) is 33.9 Å². The minimum Gasteiger partial charge on any atom is -0.443 e. The Morgan fingerprint density at radius 2 is 2.00 bits per heavy atom. The zero-order valence-corrected chi connectivity index (χ0v) is 14.1. The molecule has 0 bridgehead atoms. The van der Waals surface area contributed by atoms with E-state index in [1.165, 1.54) is 29.3 Å². The van der Waals surface area contributed by atoms with E-state index < -0.39 is 17.5 Å². The Bertz CT molecular complexity index is 732. The van der Waals surface area contributed by atoms with Crippen LogP contribution in [0.15, 0.2) is 30.5 Å². The van der Waals surface area contributed by atoms with Gasteiger partial charge >= 0.3 is 6.09 Å². The molecule has 1 amide bonds. The molecule has 0 unspecified atom stereocenters. The van der Waals surface area contributed by atoms with Gasteiger partial charge in [-0.1, -0.05) is 11.6 Å². The van der Waals surface area contributed by atoms with Crippen molar-refractivity contribution < 1.29 is 13.9 Å². The second-order valence-electron chi connectivity index (χ2n) is 5.96. The number of carbonyl (C=O) groups is 1. The van der Waals surface area contributed by atoms with Gasteiger partial charge in [0, 0.05) is 17.6 Å². The number of amides is 1. The first kappa shape index (κ1) is 17.1. The van der Waals surface area contributed by atoms with Gasteiger partial charge in [-0.2, -0.15) is 10.2 Å². The average molecular weight is 338 g/mol. The van der Waals surface area contributed by atoms with Crippen molar-refractivity contribution in [2.24, 2.45) is 0 Å². The molecule has 0 aliphatic heterocycles. The van der Waals surface area contributed by atoms with Crippen LogP contribution in [0.25, 0.3) is 11.3 Å². The number of hydrogen-bond donors (Lipinski definition) is 0. The van der Waals surface area contributed by atoms with Crippen molar-refractivity contribution in [2.75, 3.05) is 11.9 Å². The van der Waals surface area contributed by atoms with Crippen LogP contribution in [0.4, 0.5) is 14.9 Å². The molecule has 122 valence electrons. The molecule has 0 radical (unpaired) electrons. The van der Waals surface area contributed by atoms with Gasteiger partial charge in [-0.3, -0.25) is 4.90 Å². The van der Waals surface area contributed by atoms with E-state index >= 15 is 0 Å². The highest BCUT2D eigenvalue weighted by Gasteiger charge is 2.21. The molecule has 1 aromatic heterocycles. The van der Waals surface area contributed by atoms with Crippen LogP contribution in [0.1, 0.15) is 20.8 Å². The Balaban J connectivity index is 2.33. The molecule has 0 aliphatic carbocycles. The van der Waals surface area contributed by atoms with Gasteiger partial charge < -0.3 is 4.74 Å². The fourth-order valence-corrected chi connectivity index (χ4v) is 1.97. The van der Waals surface area contributed by atoms with E-state index in [4.69, 9.17) is 16.3 Å². The third-order valence-electron chi connectivity index (χ3n) is 2.90. The molecule has 1 aromatic carbocycles. The lowest BCUT2D eigenvalue weighted by Gasteiger charge is -2.24. The van der Waals surface area contributed by atoms with Crippen molar-refractivity contribution in [1.29, 1.82) is 0 Å². The van der Waals surface area contributed by atoms with E-state index in [0.717, 1.165) is 0 Å². The molecule has 0 saturated heterocycles. The molecule has 0 N–H and O–H groups in total. The summed E-state index contributed by atoms with van der Waals surface area (Å²) in [7, 11) is 1.54. The molecule has 2 rings (SSSR count). The molecular weight excluding hydrogens is 321 g/mol. The lowest BCUT2D eigenvalue weighted by atomic mass is 10.1. The van der Waals surface area contributed by atoms with Gasteiger partial charge in [-0.15, -0.1) is 0 Å². The fourth-order valence-electron chi connectivity index (χ4n) is 1.80. The van der Waals surface area contributed by atoms with Gasteiger partial charge in [0.2, 0.25) is 0 Å². The fraction of sp³-hybridized carbons (Fsp3) is 0.312. The highest BCUT2D eigenvalue weighted by molar-refractivity contribution is 6.30. The lowest BCUT2D eigenvalue weighted by Crippen LogP contribution is -2.34. The Morgan fingerprint density at radius 3 is 2.65 bits per heavy atom. The third kappa shape index (κ3) is 4.39. The molecule has 5 nitrogen and oxygen atoms in total. The summed E-state index contributed by atoms with van der Waals surface area (Å²) in [6.07, 6.45) is 0.860. The Morgan fingerprint density at radius 1 is 1.30 bits per heavy atom. The third-order valence-corrected chi connectivity index (χ3v) is 3.13. The van der Waals surface area contributed by atoms with Gasteiger partial charge in [0.15, 0.2) is 0 Å². The molecule has 0 spiro atoms. The number of aromatic nitrogens is 2. The minimum absolute atomic E-state index is 0.212. The first-order chi connectivity index (χ1) is 10.7. The van der Waals surface area contributed by atoms with Gasteiger partial charge in [-0.05, 0) is 45.0 Å². The lowest BCUT2D eigenvalue weighted by molar-refractivity contribution is 0.0589. The largest absolute Gasteiger partial charge is 0.443 e. The SMILES string of the molecule is CN(C(=O)OC(C)(C)C)c1cnnc(-c2cc(Cl)ccc2F)c1. The van der Waals surface area contributed by atoms with E-state index in [0.29, 0.717) is 10.7 Å². The molecule has 0 atom stereocenters. The zero-order valence-electron chi connectivity index (χ0n) is 13.3. The summed E-state index contributed by atoms with van der Waals surface area (Å²) in [4.78, 5) is 13.4. The summed E-state index contributed by atoms with van der Waals surface area (Å²) in [5.74, 6) is -0.472.